The topological polar surface area (TPSA) is 43.8 Å². The highest BCUT2D eigenvalue weighted by Crippen LogP contribution is 2.19. The van der Waals surface area contributed by atoms with Crippen LogP contribution in [0.4, 0.5) is 5.69 Å². The maximum atomic E-state index is 4.83. The highest BCUT2D eigenvalue weighted by molar-refractivity contribution is 14.0. The van der Waals surface area contributed by atoms with Gasteiger partial charge in [0.25, 0.3) is 0 Å². The summed E-state index contributed by atoms with van der Waals surface area (Å²) in [5, 5.41) is 6.60. The van der Waals surface area contributed by atoms with E-state index in [2.05, 4.69) is 75.9 Å². The number of rotatable bonds is 6. The molecule has 0 fully saturated rings. The van der Waals surface area contributed by atoms with Crippen LogP contribution in [-0.2, 0) is 13.1 Å². The molecule has 0 atom stereocenters. The van der Waals surface area contributed by atoms with Crippen LogP contribution in [0, 0.1) is 6.92 Å². The summed E-state index contributed by atoms with van der Waals surface area (Å²) in [6, 6.07) is 8.67. The second-order valence-electron chi connectivity index (χ2n) is 6.43. The van der Waals surface area contributed by atoms with Crippen LogP contribution in [0.2, 0.25) is 0 Å². The first-order valence-electron chi connectivity index (χ1n) is 9.05. The molecule has 1 N–H and O–H groups in total. The van der Waals surface area contributed by atoms with Crippen molar-refractivity contribution in [3.05, 3.63) is 58.1 Å². The lowest BCUT2D eigenvalue weighted by Gasteiger charge is -2.21. The Balaban J connectivity index is 0.00000261. The van der Waals surface area contributed by atoms with Crippen molar-refractivity contribution in [1.29, 1.82) is 0 Å². The predicted octanol–water partition coefficient (Wildman–Crippen LogP) is 4.04. The molecule has 0 amide bonds. The Morgan fingerprint density at radius 1 is 1.33 bits per heavy atom. The smallest absolute Gasteiger partial charge is 0.194 e. The largest absolute Gasteiger partial charge is 0.364 e. The van der Waals surface area contributed by atoms with E-state index in [-0.39, 0.29) is 24.0 Å². The van der Waals surface area contributed by atoms with Gasteiger partial charge >= 0.3 is 0 Å². The minimum absolute atomic E-state index is 0. The van der Waals surface area contributed by atoms with Crippen molar-refractivity contribution in [2.45, 2.75) is 26.9 Å². The zero-order valence-corrected chi connectivity index (χ0v) is 19.3. The van der Waals surface area contributed by atoms with Crippen LogP contribution >= 0.6 is 35.3 Å². The van der Waals surface area contributed by atoms with Gasteiger partial charge in [-0.25, -0.2) is 9.98 Å². The van der Waals surface area contributed by atoms with Gasteiger partial charge in [0.05, 0.1) is 23.8 Å². The summed E-state index contributed by atoms with van der Waals surface area (Å²) in [5.74, 6) is 0.909. The number of hydrogen-bond acceptors (Lipinski definition) is 4. The van der Waals surface area contributed by atoms with Crippen molar-refractivity contribution in [1.82, 2.24) is 15.2 Å². The standard InChI is InChI=1S/C20H27N5S.HI/c1-4-21-20(24(3)14-18-15-26-16(2)23-18)22-13-17-8-7-9-19(12-17)25-10-5-6-11-25;/h5-9,12,15H,4,10-11,13-14H2,1-3H3,(H,21,22);1H. The van der Waals surface area contributed by atoms with Crippen molar-refractivity contribution in [2.24, 2.45) is 4.99 Å². The number of guanidine groups is 1. The molecule has 146 valence electrons. The third-order valence-corrected chi connectivity index (χ3v) is 5.09. The Morgan fingerprint density at radius 3 is 2.78 bits per heavy atom. The van der Waals surface area contributed by atoms with Crippen LogP contribution in [0.15, 0.2) is 46.8 Å². The van der Waals surface area contributed by atoms with Gasteiger partial charge in [0.15, 0.2) is 5.96 Å². The third-order valence-electron chi connectivity index (χ3n) is 4.27. The monoisotopic (exact) mass is 497 g/mol. The van der Waals surface area contributed by atoms with Crippen molar-refractivity contribution in [3.8, 4) is 0 Å². The number of hydrogen-bond donors (Lipinski definition) is 1. The van der Waals surface area contributed by atoms with Crippen molar-refractivity contribution in [3.63, 3.8) is 0 Å². The fourth-order valence-electron chi connectivity index (χ4n) is 2.98. The van der Waals surface area contributed by atoms with Gasteiger partial charge in [-0.05, 0) is 31.5 Å². The van der Waals surface area contributed by atoms with Crippen LogP contribution in [-0.4, -0.2) is 42.5 Å². The van der Waals surface area contributed by atoms with Gasteiger partial charge in [-0.2, -0.15) is 0 Å². The first-order valence-corrected chi connectivity index (χ1v) is 9.93. The highest BCUT2D eigenvalue weighted by atomic mass is 127. The summed E-state index contributed by atoms with van der Waals surface area (Å²) in [5.41, 5.74) is 3.57. The number of aromatic nitrogens is 1. The van der Waals surface area contributed by atoms with E-state index >= 15 is 0 Å². The van der Waals surface area contributed by atoms with Gasteiger partial charge in [-0.15, -0.1) is 35.3 Å². The number of aryl methyl sites for hydroxylation is 1. The van der Waals surface area contributed by atoms with E-state index in [4.69, 9.17) is 4.99 Å². The number of thiazole rings is 1. The number of halogens is 1. The second-order valence-corrected chi connectivity index (χ2v) is 7.49. The average molecular weight is 497 g/mol. The van der Waals surface area contributed by atoms with Crippen LogP contribution in [0.25, 0.3) is 0 Å². The third kappa shape index (κ3) is 6.21. The van der Waals surface area contributed by atoms with Crippen molar-refractivity contribution >= 4 is 47.0 Å². The van der Waals surface area contributed by atoms with Gasteiger partial charge in [-0.3, -0.25) is 0 Å². The van der Waals surface area contributed by atoms with Crippen molar-refractivity contribution in [2.75, 3.05) is 31.6 Å². The van der Waals surface area contributed by atoms with E-state index in [1.807, 2.05) is 6.92 Å². The van der Waals surface area contributed by atoms with Crippen LogP contribution in [0.5, 0.6) is 0 Å². The molecule has 1 aliphatic rings. The molecule has 1 aliphatic heterocycles. The summed E-state index contributed by atoms with van der Waals surface area (Å²) in [4.78, 5) is 13.9. The maximum Gasteiger partial charge on any atom is 0.194 e. The number of nitrogens with zero attached hydrogens (tertiary/aromatic N) is 4. The lowest BCUT2D eigenvalue weighted by molar-refractivity contribution is 0.471. The van der Waals surface area contributed by atoms with E-state index in [1.54, 1.807) is 11.3 Å². The zero-order valence-electron chi connectivity index (χ0n) is 16.2. The van der Waals surface area contributed by atoms with E-state index in [9.17, 15) is 0 Å². The van der Waals surface area contributed by atoms with Crippen molar-refractivity contribution < 1.29 is 0 Å². The second kappa shape index (κ2) is 10.7. The molecule has 1 aromatic carbocycles. The van der Waals surface area contributed by atoms with Gasteiger partial charge in [0, 0.05) is 37.7 Å². The fourth-order valence-corrected chi connectivity index (χ4v) is 3.58. The number of nitrogens with one attached hydrogen (secondary N) is 1. The first kappa shape index (κ1) is 21.7. The Labute approximate surface area is 183 Å². The van der Waals surface area contributed by atoms with Crippen LogP contribution in [0.1, 0.15) is 23.2 Å². The van der Waals surface area contributed by atoms with Crippen LogP contribution < -0.4 is 10.2 Å². The Morgan fingerprint density at radius 2 is 2.11 bits per heavy atom. The summed E-state index contributed by atoms with van der Waals surface area (Å²) in [6.45, 7) is 8.39. The van der Waals surface area contributed by atoms with E-state index in [0.29, 0.717) is 6.54 Å². The summed E-state index contributed by atoms with van der Waals surface area (Å²) in [6.07, 6.45) is 4.42. The van der Waals surface area contributed by atoms with Crippen LogP contribution in [0.3, 0.4) is 0 Å². The van der Waals surface area contributed by atoms with Gasteiger partial charge in [-0.1, -0.05) is 24.3 Å². The lowest BCUT2D eigenvalue weighted by atomic mass is 10.2. The minimum atomic E-state index is 0. The molecule has 0 bridgehead atoms. The summed E-state index contributed by atoms with van der Waals surface area (Å²) in [7, 11) is 2.06. The number of anilines is 1. The maximum absolute atomic E-state index is 4.83. The Bertz CT molecular complexity index is 778. The normalized spacial score (nSPS) is 13.6. The highest BCUT2D eigenvalue weighted by Gasteiger charge is 2.10. The fraction of sp³-hybridized carbons (Fsp3) is 0.400. The molecule has 0 aliphatic carbocycles. The molecule has 1 aromatic heterocycles. The SMILES string of the molecule is CCNC(=NCc1cccc(N2CC=CC2)c1)N(C)Cc1csc(C)n1.I. The number of aliphatic imine (C=N–C) groups is 1. The molecular formula is C20H28IN5S. The summed E-state index contributed by atoms with van der Waals surface area (Å²) >= 11 is 1.69. The van der Waals surface area contributed by atoms with E-state index in [0.717, 1.165) is 42.8 Å². The van der Waals surface area contributed by atoms with Gasteiger partial charge < -0.3 is 15.1 Å². The molecule has 5 nitrogen and oxygen atoms in total. The molecule has 0 radical (unpaired) electrons. The number of benzene rings is 1. The molecule has 7 heteroatoms. The molecule has 0 saturated carbocycles. The molecule has 2 aromatic rings. The Hall–Kier alpha value is -1.61. The van der Waals surface area contributed by atoms with Gasteiger partial charge in [0.2, 0.25) is 0 Å². The summed E-state index contributed by atoms with van der Waals surface area (Å²) < 4.78 is 0. The molecule has 0 spiro atoms. The predicted molar refractivity (Wildman–Crippen MR) is 126 cm³/mol. The minimum Gasteiger partial charge on any atom is -0.364 e. The van der Waals surface area contributed by atoms with Gasteiger partial charge in [0.1, 0.15) is 0 Å². The molecule has 3 rings (SSSR count). The average Bonchev–Trinajstić information content (AvgIpc) is 3.31. The van der Waals surface area contributed by atoms with E-state index < -0.39 is 0 Å². The zero-order chi connectivity index (χ0) is 18.4. The molecule has 0 unspecified atom stereocenters. The molecule has 0 saturated heterocycles. The Kier molecular flexibility index (Phi) is 8.56. The molecular weight excluding hydrogens is 469 g/mol. The first-order chi connectivity index (χ1) is 12.7. The lowest BCUT2D eigenvalue weighted by Crippen LogP contribution is -2.38. The van der Waals surface area contributed by atoms with E-state index in [1.165, 1.54) is 11.3 Å². The molecule has 27 heavy (non-hydrogen) atoms. The molecule has 2 heterocycles. The quantitative estimate of drug-likeness (QED) is 0.283.